The van der Waals surface area contributed by atoms with E-state index >= 15 is 0 Å². The summed E-state index contributed by atoms with van der Waals surface area (Å²) >= 11 is 1.59. The van der Waals surface area contributed by atoms with Crippen molar-refractivity contribution in [2.24, 2.45) is 0 Å². The lowest BCUT2D eigenvalue weighted by molar-refractivity contribution is -0.137. The zero-order chi connectivity index (χ0) is 30.3. The Hall–Kier alpha value is -4.02. The van der Waals surface area contributed by atoms with E-state index in [9.17, 15) is 18.0 Å². The number of amides is 1. The van der Waals surface area contributed by atoms with Crippen LogP contribution in [0.25, 0.3) is 32.2 Å². The van der Waals surface area contributed by atoms with Crippen molar-refractivity contribution in [2.75, 3.05) is 31.5 Å². The van der Waals surface area contributed by atoms with Gasteiger partial charge in [0.25, 0.3) is 5.91 Å². The van der Waals surface area contributed by atoms with E-state index in [-0.39, 0.29) is 18.5 Å². The van der Waals surface area contributed by atoms with Gasteiger partial charge in [-0.05, 0) is 97.9 Å². The van der Waals surface area contributed by atoms with Gasteiger partial charge in [-0.15, -0.1) is 11.3 Å². The van der Waals surface area contributed by atoms with Crippen LogP contribution >= 0.6 is 11.3 Å². The third-order valence-electron chi connectivity index (χ3n) is 8.76. The number of nitrogens with zero attached hydrogens (tertiary/aromatic N) is 4. The van der Waals surface area contributed by atoms with Gasteiger partial charge in [0, 0.05) is 31.1 Å². The van der Waals surface area contributed by atoms with E-state index in [0.29, 0.717) is 22.5 Å². The van der Waals surface area contributed by atoms with E-state index in [1.165, 1.54) is 25.0 Å². The van der Waals surface area contributed by atoms with Crippen LogP contribution in [0.2, 0.25) is 0 Å². The molecule has 2 aromatic heterocycles. The van der Waals surface area contributed by atoms with Gasteiger partial charge in [-0.2, -0.15) is 13.2 Å². The number of hydrogen-bond acceptors (Lipinski definition) is 6. The van der Waals surface area contributed by atoms with E-state index in [1.807, 2.05) is 40.7 Å². The highest BCUT2D eigenvalue weighted by Gasteiger charge is 2.33. The maximum Gasteiger partial charge on any atom is 0.416 e. The molecule has 0 aliphatic carbocycles. The molecule has 3 aromatic carbocycles. The summed E-state index contributed by atoms with van der Waals surface area (Å²) < 4.78 is 40.2. The van der Waals surface area contributed by atoms with Crippen LogP contribution in [-0.4, -0.2) is 57.9 Å². The Labute approximate surface area is 257 Å². The summed E-state index contributed by atoms with van der Waals surface area (Å²) in [4.78, 5) is 28.0. The molecule has 226 valence electrons. The molecule has 4 heterocycles. The summed E-state index contributed by atoms with van der Waals surface area (Å²) in [6, 6.07) is 19.2. The zero-order valence-electron chi connectivity index (χ0n) is 24.1. The molecule has 2 fully saturated rings. The number of alkyl halides is 3. The zero-order valence-corrected chi connectivity index (χ0v) is 24.9. The largest absolute Gasteiger partial charge is 0.416 e. The van der Waals surface area contributed by atoms with Crippen molar-refractivity contribution in [1.82, 2.24) is 19.8 Å². The fraction of sp³-hybridized carbons (Fsp3) is 0.324. The highest BCUT2D eigenvalue weighted by molar-refractivity contribution is 7.16. The number of rotatable bonds is 7. The van der Waals surface area contributed by atoms with Crippen molar-refractivity contribution in [3.05, 3.63) is 88.9 Å². The maximum atomic E-state index is 14.3. The molecule has 0 radical (unpaired) electrons. The molecule has 7 rings (SSSR count). The monoisotopic (exact) mass is 615 g/mol. The SMILES string of the molecule is O=C(c1cc(NCc2ccc(C(F)(F)F)cc2)nc2ccc(-c3ccc4ncsc4c3)cc12)N1CCC[C@H]1CN1CCCC1. The number of hydrogen-bond donors (Lipinski definition) is 1. The highest BCUT2D eigenvalue weighted by Crippen LogP contribution is 2.33. The second kappa shape index (κ2) is 11.8. The third kappa shape index (κ3) is 5.88. The van der Waals surface area contributed by atoms with Gasteiger partial charge in [-0.3, -0.25) is 4.79 Å². The summed E-state index contributed by atoms with van der Waals surface area (Å²) in [6.07, 6.45) is 0.00480. The Kier molecular flexibility index (Phi) is 7.72. The Balaban J connectivity index is 1.23. The molecule has 1 amide bonds. The molecule has 5 aromatic rings. The fourth-order valence-electron chi connectivity index (χ4n) is 6.42. The molecular formula is C34H32F3N5OS. The van der Waals surface area contributed by atoms with E-state index in [1.54, 1.807) is 17.4 Å². The van der Waals surface area contributed by atoms with Gasteiger partial charge in [-0.25, -0.2) is 9.97 Å². The average molecular weight is 616 g/mol. The maximum absolute atomic E-state index is 14.3. The first-order chi connectivity index (χ1) is 21.3. The van der Waals surface area contributed by atoms with Gasteiger partial charge in [0.1, 0.15) is 5.82 Å². The summed E-state index contributed by atoms with van der Waals surface area (Å²) in [6.45, 7) is 4.06. The number of carbonyl (C=O) groups is 1. The number of likely N-dealkylation sites (tertiary alicyclic amines) is 2. The van der Waals surface area contributed by atoms with E-state index < -0.39 is 11.7 Å². The minimum Gasteiger partial charge on any atom is -0.366 e. The van der Waals surface area contributed by atoms with Crippen molar-refractivity contribution in [3.8, 4) is 11.1 Å². The standard InChI is InChI=1S/C34H32F3N5OS/c35-34(36,37)25-9-5-22(6-10-25)19-38-32-18-28(33(43)42-15-3-4-26(42)20-41-13-1-2-14-41)27-16-23(7-11-29(27)40-32)24-8-12-30-31(17-24)44-21-39-30/h5-12,16-18,21,26H,1-4,13-15,19-20H2,(H,38,40)/t26-/m0/s1. The molecule has 10 heteroatoms. The van der Waals surface area contributed by atoms with Crippen molar-refractivity contribution in [1.29, 1.82) is 0 Å². The average Bonchev–Trinajstić information content (AvgIpc) is 3.81. The smallest absolute Gasteiger partial charge is 0.366 e. The van der Waals surface area contributed by atoms with Crippen molar-refractivity contribution >= 4 is 44.2 Å². The summed E-state index contributed by atoms with van der Waals surface area (Å²) in [5.74, 6) is 0.501. The molecule has 1 atom stereocenters. The highest BCUT2D eigenvalue weighted by atomic mass is 32.1. The van der Waals surface area contributed by atoms with Crippen LogP contribution in [0.15, 0.2) is 72.2 Å². The second-order valence-corrected chi connectivity index (χ2v) is 12.6. The summed E-state index contributed by atoms with van der Waals surface area (Å²) in [5.41, 5.74) is 6.10. The molecule has 0 spiro atoms. The third-order valence-corrected chi connectivity index (χ3v) is 9.56. The quantitative estimate of drug-likeness (QED) is 0.202. The van der Waals surface area contributed by atoms with Crippen LogP contribution in [0.4, 0.5) is 19.0 Å². The fourth-order valence-corrected chi connectivity index (χ4v) is 7.14. The number of benzene rings is 3. The van der Waals surface area contributed by atoms with Gasteiger partial charge in [0.2, 0.25) is 0 Å². The van der Waals surface area contributed by atoms with Gasteiger partial charge in [-0.1, -0.05) is 24.3 Å². The van der Waals surface area contributed by atoms with Crippen LogP contribution in [0.3, 0.4) is 0 Å². The molecule has 0 unspecified atom stereocenters. The molecule has 6 nitrogen and oxygen atoms in total. The van der Waals surface area contributed by atoms with E-state index in [2.05, 4.69) is 21.3 Å². The normalized spacial score (nSPS) is 17.6. The van der Waals surface area contributed by atoms with Gasteiger partial charge in [0.05, 0.1) is 32.4 Å². The summed E-state index contributed by atoms with van der Waals surface area (Å²) in [5, 5.41) is 4.03. The number of carbonyl (C=O) groups excluding carboxylic acids is 1. The van der Waals surface area contributed by atoms with Crippen LogP contribution in [-0.2, 0) is 12.7 Å². The minimum absolute atomic E-state index is 0.00765. The molecule has 44 heavy (non-hydrogen) atoms. The number of aromatic nitrogens is 2. The number of pyridine rings is 1. The number of fused-ring (bicyclic) bond motifs is 2. The van der Waals surface area contributed by atoms with Gasteiger partial charge in [0.15, 0.2) is 0 Å². The lowest BCUT2D eigenvalue weighted by Gasteiger charge is -2.29. The molecule has 0 bridgehead atoms. The van der Waals surface area contributed by atoms with Crippen molar-refractivity contribution < 1.29 is 18.0 Å². The van der Waals surface area contributed by atoms with Crippen LogP contribution in [0.5, 0.6) is 0 Å². The van der Waals surface area contributed by atoms with Crippen molar-refractivity contribution in [3.63, 3.8) is 0 Å². The topological polar surface area (TPSA) is 61.4 Å². The lowest BCUT2D eigenvalue weighted by Crippen LogP contribution is -2.42. The second-order valence-electron chi connectivity index (χ2n) is 11.7. The molecule has 1 N–H and O–H groups in total. The predicted molar refractivity (Wildman–Crippen MR) is 169 cm³/mol. The molecular weight excluding hydrogens is 583 g/mol. The molecule has 2 aliphatic rings. The van der Waals surface area contributed by atoms with Crippen LogP contribution in [0, 0.1) is 0 Å². The van der Waals surface area contributed by atoms with Gasteiger partial charge >= 0.3 is 6.18 Å². The molecule has 0 saturated carbocycles. The first kappa shape index (κ1) is 28.7. The number of halogens is 3. The summed E-state index contributed by atoms with van der Waals surface area (Å²) in [7, 11) is 0. The first-order valence-electron chi connectivity index (χ1n) is 15.0. The van der Waals surface area contributed by atoms with Gasteiger partial charge < -0.3 is 15.1 Å². The van der Waals surface area contributed by atoms with E-state index in [4.69, 9.17) is 4.98 Å². The number of anilines is 1. The Bertz CT molecular complexity index is 1810. The lowest BCUT2D eigenvalue weighted by atomic mass is 9.99. The molecule has 2 saturated heterocycles. The Morgan fingerprint density at radius 2 is 1.66 bits per heavy atom. The minimum atomic E-state index is -4.38. The van der Waals surface area contributed by atoms with Crippen LogP contribution < -0.4 is 5.32 Å². The molecule has 2 aliphatic heterocycles. The Morgan fingerprint density at radius 1 is 0.909 bits per heavy atom. The number of nitrogens with one attached hydrogen (secondary N) is 1. The van der Waals surface area contributed by atoms with E-state index in [0.717, 1.165) is 77.9 Å². The first-order valence-corrected chi connectivity index (χ1v) is 15.9. The van der Waals surface area contributed by atoms with Crippen molar-refractivity contribution in [2.45, 2.75) is 44.4 Å². The predicted octanol–water partition coefficient (Wildman–Crippen LogP) is 7.84. The number of thiazole rings is 1. The van der Waals surface area contributed by atoms with Crippen LogP contribution in [0.1, 0.15) is 47.2 Å². The Morgan fingerprint density at radius 3 is 2.43 bits per heavy atom.